The molecule has 2 N–H and O–H groups in total. The Balaban J connectivity index is 1.86. The molecule has 0 spiro atoms. The van der Waals surface area contributed by atoms with Crippen LogP contribution in [0, 0.1) is 5.92 Å². The molecule has 1 aromatic heterocycles. The highest BCUT2D eigenvalue weighted by Crippen LogP contribution is 2.14. The van der Waals surface area contributed by atoms with Crippen LogP contribution in [0.3, 0.4) is 0 Å². The van der Waals surface area contributed by atoms with Gasteiger partial charge in [-0.25, -0.2) is 4.99 Å². The Morgan fingerprint density at radius 1 is 1.21 bits per heavy atom. The summed E-state index contributed by atoms with van der Waals surface area (Å²) in [5.41, 5.74) is 1.27. The smallest absolute Gasteiger partial charge is 0.243 e. The maximum absolute atomic E-state index is 11.9. The van der Waals surface area contributed by atoms with E-state index in [4.69, 9.17) is 4.74 Å². The highest BCUT2D eigenvalue weighted by atomic mass is 32.1. The van der Waals surface area contributed by atoms with Crippen LogP contribution in [0.2, 0.25) is 0 Å². The first-order valence-corrected chi connectivity index (χ1v) is 10.7. The van der Waals surface area contributed by atoms with Crippen molar-refractivity contribution in [1.29, 1.82) is 0 Å². The molecule has 0 saturated carbocycles. The Hall–Kier alpha value is -2.54. The number of likely N-dealkylation sites (N-methyl/N-ethyl adjacent to an activating group) is 1. The summed E-state index contributed by atoms with van der Waals surface area (Å²) in [6, 6.07) is 12.4. The lowest BCUT2D eigenvalue weighted by Gasteiger charge is -2.17. The summed E-state index contributed by atoms with van der Waals surface area (Å²) >= 11 is 1.75. The topological polar surface area (TPSA) is 66.0 Å². The molecule has 2 aromatic rings. The summed E-state index contributed by atoms with van der Waals surface area (Å²) in [6.07, 6.45) is 1.89. The molecule has 1 heterocycles. The number of hydrogen-bond donors (Lipinski definition) is 2. The fraction of sp³-hybridized carbons (Fsp3) is 0.455. The van der Waals surface area contributed by atoms with Crippen LogP contribution in [0.1, 0.15) is 17.4 Å². The van der Waals surface area contributed by atoms with E-state index in [1.807, 2.05) is 12.1 Å². The van der Waals surface area contributed by atoms with Crippen LogP contribution in [-0.4, -0.2) is 57.6 Å². The largest absolute Gasteiger partial charge is 0.497 e. The fourth-order valence-electron chi connectivity index (χ4n) is 2.73. The molecule has 0 radical (unpaired) electrons. The van der Waals surface area contributed by atoms with Gasteiger partial charge in [0.15, 0.2) is 5.96 Å². The zero-order chi connectivity index (χ0) is 21.1. The number of amides is 1. The van der Waals surface area contributed by atoms with Crippen molar-refractivity contribution >= 4 is 23.2 Å². The van der Waals surface area contributed by atoms with Gasteiger partial charge in [0.1, 0.15) is 12.3 Å². The van der Waals surface area contributed by atoms with Crippen molar-refractivity contribution in [3.05, 3.63) is 52.2 Å². The van der Waals surface area contributed by atoms with E-state index in [-0.39, 0.29) is 12.5 Å². The van der Waals surface area contributed by atoms with Gasteiger partial charge in [0.05, 0.1) is 7.11 Å². The molecule has 0 saturated heterocycles. The molecule has 2 rings (SSSR count). The third kappa shape index (κ3) is 8.56. The standard InChI is InChI=1S/C22H32N4O2S/c1-17(14-18-7-9-19(28-4)10-8-18)15-24-22(25-16-21(27)26(2)3)23-12-11-20-6-5-13-29-20/h5-10,13,17H,11-12,14-16H2,1-4H3,(H2,23,24,25). The summed E-state index contributed by atoms with van der Waals surface area (Å²) < 4.78 is 5.21. The van der Waals surface area contributed by atoms with Crippen LogP contribution in [0.4, 0.5) is 0 Å². The van der Waals surface area contributed by atoms with Gasteiger partial charge >= 0.3 is 0 Å². The molecular formula is C22H32N4O2S. The number of carbonyl (C=O) groups is 1. The fourth-order valence-corrected chi connectivity index (χ4v) is 3.44. The van der Waals surface area contributed by atoms with Gasteiger partial charge in [0.2, 0.25) is 5.91 Å². The predicted octanol–water partition coefficient (Wildman–Crippen LogP) is 2.80. The molecule has 0 fully saturated rings. The number of nitrogens with zero attached hydrogens (tertiary/aromatic N) is 2. The van der Waals surface area contributed by atoms with E-state index in [1.54, 1.807) is 37.4 Å². The number of nitrogens with one attached hydrogen (secondary N) is 2. The lowest BCUT2D eigenvalue weighted by Crippen LogP contribution is -2.41. The Kier molecular flexibility index (Phi) is 9.50. The maximum Gasteiger partial charge on any atom is 0.243 e. The van der Waals surface area contributed by atoms with Gasteiger partial charge < -0.3 is 20.3 Å². The molecule has 1 aromatic carbocycles. The van der Waals surface area contributed by atoms with Crippen molar-refractivity contribution in [1.82, 2.24) is 15.5 Å². The normalized spacial score (nSPS) is 12.3. The minimum Gasteiger partial charge on any atom is -0.497 e. The average molecular weight is 417 g/mol. The Labute approximate surface area is 178 Å². The first kappa shape index (κ1) is 22.7. The van der Waals surface area contributed by atoms with Crippen molar-refractivity contribution in [3.63, 3.8) is 0 Å². The molecule has 0 aliphatic heterocycles. The third-order valence-corrected chi connectivity index (χ3v) is 5.41. The van der Waals surface area contributed by atoms with Crippen molar-refractivity contribution in [2.75, 3.05) is 40.8 Å². The van der Waals surface area contributed by atoms with Crippen molar-refractivity contribution in [2.24, 2.45) is 10.9 Å². The second-order valence-corrected chi connectivity index (χ2v) is 8.28. The average Bonchev–Trinajstić information content (AvgIpc) is 3.23. The van der Waals surface area contributed by atoms with Crippen LogP contribution >= 0.6 is 11.3 Å². The Morgan fingerprint density at radius 2 is 1.97 bits per heavy atom. The van der Waals surface area contributed by atoms with E-state index in [2.05, 4.69) is 52.2 Å². The van der Waals surface area contributed by atoms with Gasteiger partial charge in [-0.15, -0.1) is 11.3 Å². The zero-order valence-electron chi connectivity index (χ0n) is 17.8. The number of aliphatic imine (C=N–C) groups is 1. The van der Waals surface area contributed by atoms with Crippen LogP contribution in [0.5, 0.6) is 5.75 Å². The van der Waals surface area contributed by atoms with Crippen molar-refractivity contribution in [3.8, 4) is 5.75 Å². The lowest BCUT2D eigenvalue weighted by molar-refractivity contribution is -0.127. The number of hydrogen-bond acceptors (Lipinski definition) is 4. The van der Waals surface area contributed by atoms with Gasteiger partial charge in [0.25, 0.3) is 0 Å². The van der Waals surface area contributed by atoms with Gasteiger partial charge in [-0.2, -0.15) is 0 Å². The van der Waals surface area contributed by atoms with Crippen LogP contribution in [0.15, 0.2) is 46.8 Å². The molecule has 1 amide bonds. The molecule has 29 heavy (non-hydrogen) atoms. The zero-order valence-corrected chi connectivity index (χ0v) is 18.6. The second-order valence-electron chi connectivity index (χ2n) is 7.25. The summed E-state index contributed by atoms with van der Waals surface area (Å²) in [5, 5.41) is 8.81. The summed E-state index contributed by atoms with van der Waals surface area (Å²) in [7, 11) is 5.16. The molecule has 6 nitrogen and oxygen atoms in total. The highest BCUT2D eigenvalue weighted by molar-refractivity contribution is 7.09. The lowest BCUT2D eigenvalue weighted by atomic mass is 10.0. The number of thiophene rings is 1. The summed E-state index contributed by atoms with van der Waals surface area (Å²) in [6.45, 7) is 3.88. The SMILES string of the molecule is COc1ccc(CC(C)CNC(=NCC(=O)N(C)C)NCCc2cccs2)cc1. The molecule has 0 bridgehead atoms. The highest BCUT2D eigenvalue weighted by Gasteiger charge is 2.08. The molecule has 1 unspecified atom stereocenters. The predicted molar refractivity (Wildman–Crippen MR) is 121 cm³/mol. The van der Waals surface area contributed by atoms with Crippen LogP contribution in [0.25, 0.3) is 0 Å². The Bertz CT molecular complexity index is 758. The van der Waals surface area contributed by atoms with Gasteiger partial charge in [-0.1, -0.05) is 25.1 Å². The summed E-state index contributed by atoms with van der Waals surface area (Å²) in [5.74, 6) is 1.95. The molecular weight excluding hydrogens is 384 g/mol. The molecule has 158 valence electrons. The molecule has 1 atom stereocenters. The van der Waals surface area contributed by atoms with E-state index in [0.717, 1.165) is 31.7 Å². The monoisotopic (exact) mass is 416 g/mol. The number of benzene rings is 1. The molecule has 0 aliphatic rings. The third-order valence-electron chi connectivity index (χ3n) is 4.48. The van der Waals surface area contributed by atoms with E-state index in [1.165, 1.54) is 10.4 Å². The van der Waals surface area contributed by atoms with Crippen LogP contribution in [-0.2, 0) is 17.6 Å². The quantitative estimate of drug-likeness (QED) is 0.462. The van der Waals surface area contributed by atoms with E-state index in [9.17, 15) is 4.79 Å². The summed E-state index contributed by atoms with van der Waals surface area (Å²) in [4.78, 5) is 19.2. The number of carbonyl (C=O) groups excluding carboxylic acids is 1. The maximum atomic E-state index is 11.9. The Morgan fingerprint density at radius 3 is 2.59 bits per heavy atom. The minimum atomic E-state index is -0.0179. The van der Waals surface area contributed by atoms with Crippen LogP contribution < -0.4 is 15.4 Å². The minimum absolute atomic E-state index is 0.0179. The van der Waals surface area contributed by atoms with Gasteiger partial charge in [0, 0.05) is 32.1 Å². The first-order chi connectivity index (χ1) is 14.0. The van der Waals surface area contributed by atoms with Crippen molar-refractivity contribution in [2.45, 2.75) is 19.8 Å². The van der Waals surface area contributed by atoms with Gasteiger partial charge in [-0.3, -0.25) is 4.79 Å². The number of rotatable bonds is 10. The number of ether oxygens (including phenoxy) is 1. The second kappa shape index (κ2) is 12.1. The molecule has 7 heteroatoms. The number of methoxy groups -OCH3 is 1. The van der Waals surface area contributed by atoms with Crippen molar-refractivity contribution < 1.29 is 9.53 Å². The van der Waals surface area contributed by atoms with E-state index >= 15 is 0 Å². The first-order valence-electron chi connectivity index (χ1n) is 9.85. The van der Waals surface area contributed by atoms with E-state index in [0.29, 0.717) is 11.9 Å². The number of guanidine groups is 1. The van der Waals surface area contributed by atoms with E-state index < -0.39 is 0 Å². The molecule has 0 aliphatic carbocycles. The van der Waals surface area contributed by atoms with Gasteiger partial charge in [-0.05, 0) is 47.9 Å².